The second-order valence-electron chi connectivity index (χ2n) is 6.19. The Morgan fingerprint density at radius 3 is 2.35 bits per heavy atom. The van der Waals surface area contributed by atoms with Gasteiger partial charge in [0.15, 0.2) is 0 Å². The second kappa shape index (κ2) is 7.61. The summed E-state index contributed by atoms with van der Waals surface area (Å²) in [4.78, 5) is 36.7. The Morgan fingerprint density at radius 2 is 1.69 bits per heavy atom. The van der Waals surface area contributed by atoms with E-state index in [-0.39, 0.29) is 11.9 Å². The number of anilines is 1. The first-order valence-corrected chi connectivity index (χ1v) is 8.66. The number of hydrogen-bond acceptors (Lipinski definition) is 4. The van der Waals surface area contributed by atoms with Gasteiger partial charge in [-0.1, -0.05) is 37.1 Å². The number of amides is 4. The Labute approximate surface area is 157 Å². The van der Waals surface area contributed by atoms with Gasteiger partial charge in [0.1, 0.15) is 0 Å². The van der Waals surface area contributed by atoms with E-state index in [2.05, 4.69) is 23.4 Å². The van der Waals surface area contributed by atoms with Gasteiger partial charge in [0, 0.05) is 17.2 Å². The molecule has 1 saturated carbocycles. The molecule has 0 aromatic heterocycles. The minimum absolute atomic E-state index is 0.184. The van der Waals surface area contributed by atoms with Gasteiger partial charge >= 0.3 is 6.03 Å². The van der Waals surface area contributed by atoms with E-state index in [4.69, 9.17) is 0 Å². The number of aryl methyl sites for hydroxylation is 1. The monoisotopic (exact) mass is 369 g/mol. The quantitative estimate of drug-likeness (QED) is 0.725. The predicted molar refractivity (Wildman–Crippen MR) is 102 cm³/mol. The van der Waals surface area contributed by atoms with Crippen molar-refractivity contribution in [3.8, 4) is 0 Å². The summed E-state index contributed by atoms with van der Waals surface area (Å²) in [5.41, 5.74) is 2.01. The normalized spacial score (nSPS) is 13.0. The Balaban J connectivity index is 1.73. The van der Waals surface area contributed by atoms with Crippen LogP contribution in [-0.4, -0.2) is 23.9 Å². The predicted octanol–water partition coefficient (Wildman–Crippen LogP) is 3.09. The summed E-state index contributed by atoms with van der Waals surface area (Å²) in [6, 6.07) is 13.0. The zero-order valence-electron chi connectivity index (χ0n) is 14.2. The number of rotatable bonds is 4. The molecule has 26 heavy (non-hydrogen) atoms. The van der Waals surface area contributed by atoms with Crippen molar-refractivity contribution in [2.24, 2.45) is 0 Å². The molecule has 0 heterocycles. The van der Waals surface area contributed by atoms with Gasteiger partial charge < -0.3 is 5.32 Å². The highest BCUT2D eigenvalue weighted by molar-refractivity contribution is 7.82. The molecule has 0 bridgehead atoms. The van der Waals surface area contributed by atoms with Gasteiger partial charge in [-0.3, -0.25) is 14.9 Å². The minimum atomic E-state index is -0.690. The van der Waals surface area contributed by atoms with E-state index in [9.17, 15) is 14.4 Å². The van der Waals surface area contributed by atoms with Crippen molar-refractivity contribution < 1.29 is 14.4 Å². The fraction of sp³-hybridized carbons (Fsp3) is 0.211. The van der Waals surface area contributed by atoms with Crippen molar-refractivity contribution in [3.63, 3.8) is 0 Å². The highest BCUT2D eigenvalue weighted by Gasteiger charge is 2.25. The van der Waals surface area contributed by atoms with E-state index in [1.54, 1.807) is 55.5 Å². The molecule has 0 unspecified atom stereocenters. The van der Waals surface area contributed by atoms with E-state index < -0.39 is 11.9 Å². The molecule has 6 nitrogen and oxygen atoms in total. The molecule has 2 aromatic rings. The maximum absolute atomic E-state index is 12.4. The van der Waals surface area contributed by atoms with Crippen molar-refractivity contribution in [2.75, 3.05) is 4.31 Å². The van der Waals surface area contributed by atoms with Crippen LogP contribution in [0.1, 0.15) is 39.1 Å². The van der Waals surface area contributed by atoms with E-state index in [1.165, 1.54) is 0 Å². The number of benzene rings is 2. The molecule has 2 aromatic carbocycles. The largest absolute Gasteiger partial charge is 0.349 e. The van der Waals surface area contributed by atoms with Crippen LogP contribution in [0.15, 0.2) is 48.5 Å². The first-order valence-electron chi connectivity index (χ1n) is 8.26. The summed E-state index contributed by atoms with van der Waals surface area (Å²) in [5.74, 6) is -0.703. The van der Waals surface area contributed by atoms with Crippen LogP contribution < -0.4 is 14.9 Å². The molecule has 7 heteroatoms. The maximum Gasteiger partial charge on any atom is 0.338 e. The number of hydrogen-bond donors (Lipinski definition) is 3. The van der Waals surface area contributed by atoms with E-state index >= 15 is 0 Å². The standard InChI is InChI=1S/C19H19N3O3S/c1-12-7-8-14(18(24)20-15-9-10-15)11-16(12)22(26)19(25)21-17(23)13-5-3-2-4-6-13/h2-8,11,15,26H,9-10H2,1H3,(H,20,24)(H,21,23,25). The molecule has 3 rings (SSSR count). The molecule has 2 N–H and O–H groups in total. The van der Waals surface area contributed by atoms with Crippen LogP contribution in [0.2, 0.25) is 0 Å². The third-order valence-corrected chi connectivity index (χ3v) is 4.46. The van der Waals surface area contributed by atoms with Gasteiger partial charge in [0.25, 0.3) is 11.8 Å². The Morgan fingerprint density at radius 1 is 1.00 bits per heavy atom. The molecule has 1 aliphatic rings. The van der Waals surface area contributed by atoms with Crippen molar-refractivity contribution in [1.82, 2.24) is 10.6 Å². The van der Waals surface area contributed by atoms with Crippen molar-refractivity contribution in [2.45, 2.75) is 25.8 Å². The molecule has 4 amide bonds. The Kier molecular flexibility index (Phi) is 5.27. The first kappa shape index (κ1) is 18.0. The summed E-state index contributed by atoms with van der Waals surface area (Å²) in [7, 11) is 0. The van der Waals surface area contributed by atoms with Gasteiger partial charge in [0.05, 0.1) is 5.69 Å². The van der Waals surface area contributed by atoms with Crippen molar-refractivity contribution >= 4 is 36.3 Å². The van der Waals surface area contributed by atoms with Gasteiger partial charge in [-0.15, -0.1) is 0 Å². The van der Waals surface area contributed by atoms with E-state index in [1.807, 2.05) is 0 Å². The van der Waals surface area contributed by atoms with Gasteiger partial charge in [-0.2, -0.15) is 0 Å². The summed E-state index contributed by atoms with van der Waals surface area (Å²) in [6.45, 7) is 1.80. The summed E-state index contributed by atoms with van der Waals surface area (Å²) >= 11 is 4.21. The van der Waals surface area contributed by atoms with Crippen LogP contribution in [0, 0.1) is 6.92 Å². The zero-order chi connectivity index (χ0) is 18.7. The smallest absolute Gasteiger partial charge is 0.338 e. The lowest BCUT2D eigenvalue weighted by Crippen LogP contribution is -2.38. The van der Waals surface area contributed by atoms with Crippen LogP contribution in [0.5, 0.6) is 0 Å². The molecule has 1 aliphatic carbocycles. The molecule has 0 spiro atoms. The third-order valence-electron chi connectivity index (χ3n) is 4.06. The van der Waals surface area contributed by atoms with Crippen LogP contribution in [0.25, 0.3) is 0 Å². The molecular weight excluding hydrogens is 350 g/mol. The average molecular weight is 369 g/mol. The second-order valence-corrected chi connectivity index (χ2v) is 6.59. The lowest BCUT2D eigenvalue weighted by atomic mass is 10.1. The fourth-order valence-electron chi connectivity index (χ4n) is 2.40. The molecule has 1 fully saturated rings. The van der Waals surface area contributed by atoms with E-state index in [0.29, 0.717) is 16.8 Å². The highest BCUT2D eigenvalue weighted by Crippen LogP contribution is 2.25. The summed E-state index contributed by atoms with van der Waals surface area (Å²) < 4.78 is 1.03. The number of carbonyl (C=O) groups excluding carboxylic acids is 3. The molecular formula is C19H19N3O3S. The van der Waals surface area contributed by atoms with E-state index in [0.717, 1.165) is 22.7 Å². The number of nitrogens with one attached hydrogen (secondary N) is 2. The molecule has 134 valence electrons. The Bertz CT molecular complexity index is 850. The number of carbonyl (C=O) groups is 3. The molecule has 0 aliphatic heterocycles. The van der Waals surface area contributed by atoms with Crippen molar-refractivity contribution in [3.05, 3.63) is 65.2 Å². The number of urea groups is 1. The van der Waals surface area contributed by atoms with Crippen molar-refractivity contribution in [1.29, 1.82) is 0 Å². The lowest BCUT2D eigenvalue weighted by Gasteiger charge is -2.19. The van der Waals surface area contributed by atoms with Gasteiger partial charge in [-0.05, 0) is 49.6 Å². The highest BCUT2D eigenvalue weighted by atomic mass is 32.1. The number of thiol groups is 1. The summed E-state index contributed by atoms with van der Waals surface area (Å²) in [6.07, 6.45) is 1.99. The maximum atomic E-state index is 12.4. The average Bonchev–Trinajstić information content (AvgIpc) is 3.46. The van der Waals surface area contributed by atoms with Gasteiger partial charge in [-0.25, -0.2) is 9.10 Å². The lowest BCUT2D eigenvalue weighted by molar-refractivity contribution is 0.0946. The van der Waals surface area contributed by atoms with Gasteiger partial charge in [0.2, 0.25) is 0 Å². The molecule has 0 atom stereocenters. The Hall–Kier alpha value is -2.80. The molecule has 0 saturated heterocycles. The summed E-state index contributed by atoms with van der Waals surface area (Å²) in [5, 5.41) is 5.19. The number of imide groups is 1. The van der Waals surface area contributed by atoms with Crippen LogP contribution in [0.3, 0.4) is 0 Å². The van der Waals surface area contributed by atoms with Crippen LogP contribution in [-0.2, 0) is 0 Å². The van der Waals surface area contributed by atoms with Crippen LogP contribution in [0.4, 0.5) is 10.5 Å². The molecule has 0 radical (unpaired) electrons. The first-order chi connectivity index (χ1) is 12.5. The third kappa shape index (κ3) is 4.23. The minimum Gasteiger partial charge on any atom is -0.349 e. The van der Waals surface area contributed by atoms with Crippen LogP contribution >= 0.6 is 12.8 Å². The topological polar surface area (TPSA) is 78.5 Å². The SMILES string of the molecule is Cc1ccc(C(=O)NC2CC2)cc1N(S)C(=O)NC(=O)c1ccccc1. The fourth-order valence-corrected chi connectivity index (χ4v) is 2.66. The number of nitrogens with zero attached hydrogens (tertiary/aromatic N) is 1. The zero-order valence-corrected chi connectivity index (χ0v) is 15.1.